The summed E-state index contributed by atoms with van der Waals surface area (Å²) in [5.74, 6) is -0.717. The van der Waals surface area contributed by atoms with E-state index in [1.54, 1.807) is 0 Å². The molecular weight excluding hydrogens is 243 g/mol. The molecule has 1 atom stereocenters. The van der Waals surface area contributed by atoms with Gasteiger partial charge in [-0.2, -0.15) is 0 Å². The second-order valence-corrected chi connectivity index (χ2v) is 4.94. The summed E-state index contributed by atoms with van der Waals surface area (Å²) in [6, 6.07) is -0.688. The van der Waals surface area contributed by atoms with Crippen LogP contribution < -0.4 is 40.2 Å². The van der Waals surface area contributed by atoms with Gasteiger partial charge in [-0.1, -0.05) is 26.2 Å². The number of carbonyl (C=O) groups is 3. The van der Waals surface area contributed by atoms with Gasteiger partial charge in [0.1, 0.15) is 5.41 Å². The van der Waals surface area contributed by atoms with Gasteiger partial charge in [-0.3, -0.25) is 20.2 Å². The maximum absolute atomic E-state index is 12.0. The maximum Gasteiger partial charge on any atom is 1.00 e. The first kappa shape index (κ1) is 15.7. The average Bonchev–Trinajstić information content (AvgIpc) is 2.68. The number of imide groups is 2. The molecule has 0 bridgehead atoms. The predicted octanol–water partition coefficient (Wildman–Crippen LogP) is -1.67. The Labute approximate surface area is 129 Å². The minimum atomic E-state index is -0.983. The molecule has 1 saturated heterocycles. The van der Waals surface area contributed by atoms with E-state index in [0.717, 1.165) is 32.1 Å². The number of amides is 4. The first-order chi connectivity index (χ1) is 8.11. The number of urea groups is 1. The van der Waals surface area contributed by atoms with Crippen molar-refractivity contribution in [3.63, 3.8) is 0 Å². The van der Waals surface area contributed by atoms with Crippen molar-refractivity contribution in [1.29, 1.82) is 0 Å². The van der Waals surface area contributed by atoms with Crippen LogP contribution in [-0.2, 0) is 9.59 Å². The predicted molar refractivity (Wildman–Crippen MR) is 61.0 cm³/mol. The smallest absolute Gasteiger partial charge is 0.277 e. The molecule has 94 valence electrons. The molecule has 1 unspecified atom stereocenters. The summed E-state index contributed by atoms with van der Waals surface area (Å²) in [5.41, 5.74) is -0.983. The van der Waals surface area contributed by atoms with Gasteiger partial charge in [0.2, 0.25) is 11.8 Å². The molecule has 2 rings (SSSR count). The van der Waals surface area contributed by atoms with Crippen molar-refractivity contribution in [3.8, 4) is 0 Å². The normalized spacial score (nSPS) is 25.6. The number of unbranched alkanes of at least 4 members (excludes halogenated alkanes) is 1. The Balaban J connectivity index is 0.00000162. The molecule has 1 aliphatic heterocycles. The van der Waals surface area contributed by atoms with Crippen molar-refractivity contribution >= 4 is 17.8 Å². The zero-order valence-electron chi connectivity index (χ0n) is 11.0. The SMILES string of the molecule is CCCCC1CCCC12C(=O)NC(=O)NC2=O.[Na+]. The Morgan fingerprint density at radius 3 is 2.39 bits per heavy atom. The number of nitrogens with one attached hydrogen (secondary N) is 2. The topological polar surface area (TPSA) is 75.3 Å². The van der Waals surface area contributed by atoms with E-state index in [1.165, 1.54) is 0 Å². The number of rotatable bonds is 3. The van der Waals surface area contributed by atoms with Gasteiger partial charge in [-0.25, -0.2) is 4.79 Å². The second-order valence-electron chi connectivity index (χ2n) is 4.94. The Morgan fingerprint density at radius 1 is 1.22 bits per heavy atom. The fourth-order valence-electron chi connectivity index (χ4n) is 3.08. The molecule has 1 aliphatic carbocycles. The molecule has 1 saturated carbocycles. The van der Waals surface area contributed by atoms with E-state index in [9.17, 15) is 14.4 Å². The van der Waals surface area contributed by atoms with Crippen molar-refractivity contribution in [1.82, 2.24) is 10.6 Å². The first-order valence-corrected chi connectivity index (χ1v) is 6.28. The summed E-state index contributed by atoms with van der Waals surface area (Å²) in [6.07, 6.45) is 5.28. The van der Waals surface area contributed by atoms with Gasteiger partial charge in [0, 0.05) is 0 Å². The molecule has 6 heteroatoms. The van der Waals surface area contributed by atoms with E-state index < -0.39 is 23.3 Å². The fraction of sp³-hybridized carbons (Fsp3) is 0.750. The molecule has 0 aromatic rings. The number of carbonyl (C=O) groups excluding carboxylic acids is 3. The van der Waals surface area contributed by atoms with Gasteiger partial charge < -0.3 is 0 Å². The molecule has 0 aromatic heterocycles. The third kappa shape index (κ3) is 2.49. The van der Waals surface area contributed by atoms with Crippen LogP contribution in [0.1, 0.15) is 45.4 Å². The molecular formula is C12H18N2NaO3+. The van der Waals surface area contributed by atoms with Gasteiger partial charge in [-0.05, 0) is 25.2 Å². The van der Waals surface area contributed by atoms with Crippen LogP contribution in [0.4, 0.5) is 4.79 Å². The van der Waals surface area contributed by atoms with Crippen molar-refractivity contribution in [2.45, 2.75) is 45.4 Å². The van der Waals surface area contributed by atoms with E-state index in [4.69, 9.17) is 0 Å². The van der Waals surface area contributed by atoms with Crippen LogP contribution in [0.15, 0.2) is 0 Å². The summed E-state index contributed by atoms with van der Waals surface area (Å²) < 4.78 is 0. The summed E-state index contributed by atoms with van der Waals surface area (Å²) in [5, 5.41) is 4.48. The van der Waals surface area contributed by atoms with Crippen molar-refractivity contribution in [3.05, 3.63) is 0 Å². The minimum Gasteiger partial charge on any atom is -0.277 e. The third-order valence-corrected chi connectivity index (χ3v) is 3.99. The average molecular weight is 261 g/mol. The molecule has 18 heavy (non-hydrogen) atoms. The molecule has 0 aromatic carbocycles. The fourth-order valence-corrected chi connectivity index (χ4v) is 3.08. The Hall–Kier alpha value is -0.390. The molecule has 4 amide bonds. The van der Waals surface area contributed by atoms with E-state index in [1.807, 2.05) is 0 Å². The molecule has 1 heterocycles. The molecule has 5 nitrogen and oxygen atoms in total. The van der Waals surface area contributed by atoms with E-state index in [-0.39, 0.29) is 35.5 Å². The van der Waals surface area contributed by atoms with Crippen LogP contribution >= 0.6 is 0 Å². The van der Waals surface area contributed by atoms with E-state index in [0.29, 0.717) is 6.42 Å². The Bertz CT molecular complexity index is 350. The van der Waals surface area contributed by atoms with Gasteiger partial charge >= 0.3 is 35.6 Å². The summed E-state index contributed by atoms with van der Waals surface area (Å²) in [4.78, 5) is 35.1. The number of hydrogen-bond donors (Lipinski definition) is 2. The van der Waals surface area contributed by atoms with Crippen molar-refractivity contribution in [2.75, 3.05) is 0 Å². The molecule has 2 N–H and O–H groups in total. The largest absolute Gasteiger partial charge is 1.00 e. The van der Waals surface area contributed by atoms with Crippen LogP contribution in [0.2, 0.25) is 0 Å². The number of barbiturate groups is 1. The monoisotopic (exact) mass is 261 g/mol. The van der Waals surface area contributed by atoms with Crippen molar-refractivity contribution in [2.24, 2.45) is 11.3 Å². The standard InChI is InChI=1S/C12H18N2O3.Na/c1-2-3-5-8-6-4-7-12(8)9(15)13-11(17)14-10(12)16;/h8H,2-7H2,1H3,(H2,13,14,15,16,17);/q;+1. The molecule has 2 fully saturated rings. The van der Waals surface area contributed by atoms with Gasteiger partial charge in [-0.15, -0.1) is 0 Å². The van der Waals surface area contributed by atoms with E-state index in [2.05, 4.69) is 17.6 Å². The van der Waals surface area contributed by atoms with Crippen LogP contribution in [0, 0.1) is 11.3 Å². The minimum absolute atomic E-state index is 0. The quantitative estimate of drug-likeness (QED) is 0.471. The van der Waals surface area contributed by atoms with Crippen molar-refractivity contribution < 1.29 is 43.9 Å². The summed E-state index contributed by atoms with van der Waals surface area (Å²) in [6.45, 7) is 2.09. The van der Waals surface area contributed by atoms with Crippen LogP contribution in [-0.4, -0.2) is 17.8 Å². The van der Waals surface area contributed by atoms with Crippen LogP contribution in [0.5, 0.6) is 0 Å². The summed E-state index contributed by atoms with van der Waals surface area (Å²) >= 11 is 0. The van der Waals surface area contributed by atoms with Gasteiger partial charge in [0.05, 0.1) is 0 Å². The Morgan fingerprint density at radius 2 is 1.83 bits per heavy atom. The van der Waals surface area contributed by atoms with E-state index >= 15 is 0 Å². The molecule has 1 spiro atoms. The third-order valence-electron chi connectivity index (χ3n) is 3.99. The van der Waals surface area contributed by atoms with Gasteiger partial charge in [0.25, 0.3) is 0 Å². The first-order valence-electron chi connectivity index (χ1n) is 6.28. The zero-order valence-corrected chi connectivity index (χ0v) is 13.0. The summed E-state index contributed by atoms with van der Waals surface area (Å²) in [7, 11) is 0. The van der Waals surface area contributed by atoms with Crippen LogP contribution in [0.3, 0.4) is 0 Å². The molecule has 0 radical (unpaired) electrons. The van der Waals surface area contributed by atoms with Gasteiger partial charge in [0.15, 0.2) is 0 Å². The van der Waals surface area contributed by atoms with Crippen LogP contribution in [0.25, 0.3) is 0 Å². The number of hydrogen-bond acceptors (Lipinski definition) is 3. The molecule has 2 aliphatic rings. The Kier molecular flexibility index (Phi) is 5.37. The maximum atomic E-state index is 12.0. The zero-order chi connectivity index (χ0) is 12.5. The second kappa shape index (κ2) is 6.17.